The van der Waals surface area contributed by atoms with Gasteiger partial charge in [-0.25, -0.2) is 4.98 Å². The number of rotatable bonds is 10. The third kappa shape index (κ3) is 8.94. The first-order valence-corrected chi connectivity index (χ1v) is 24.0. The fraction of sp³-hybridized carbons (Fsp3) is 0.159. The van der Waals surface area contributed by atoms with Crippen molar-refractivity contribution in [1.29, 1.82) is 0 Å². The van der Waals surface area contributed by atoms with E-state index in [0.717, 1.165) is 86.3 Å². The topological polar surface area (TPSA) is 35.2 Å². The van der Waals surface area contributed by atoms with Crippen molar-refractivity contribution < 1.29 is 4.74 Å². The van der Waals surface area contributed by atoms with E-state index >= 15 is 0 Å². The fourth-order valence-corrected chi connectivity index (χ4v) is 9.38. The summed E-state index contributed by atoms with van der Waals surface area (Å²) in [5.74, 6) is 5.49. The monoisotopic (exact) mass is 888 g/mol. The molecule has 0 saturated heterocycles. The molecule has 5 aromatic carbocycles. The molecule has 338 valence electrons. The number of nitrogens with zero attached hydrogens (tertiary/aromatic N) is 4. The summed E-state index contributed by atoms with van der Waals surface area (Å²) in [4.78, 5) is 7.83. The number of fused-ring (bicyclic) bond motifs is 5. The third-order valence-corrected chi connectivity index (χ3v) is 12.2. The van der Waals surface area contributed by atoms with E-state index in [1.807, 2.05) is 71.1 Å². The van der Waals surface area contributed by atoms with Gasteiger partial charge in [0.1, 0.15) is 24.0 Å². The Morgan fingerprint density at radius 3 is 2.31 bits per heavy atom. The number of hydrogen-bond acceptors (Lipinski definition) is 3. The maximum Gasteiger partial charge on any atom is 0.140 e. The standard InChI is InChI=1S/C59H48N4O.2C2H6/c1-5-9-24-43(7-3)45-35-42(34-41-22-13-11-14-23-41)36-46(37-45)61-52(27-10-6-2)47(8-4)49-38-50-48-26-18-20-29-53(48)63(56(50)39-55(49)61)59-33-21-32-58(60-59)62-51-28-19-17-25-44(51)40-64-57-31-16-12-15-30-54(57)62;2*1-2/h3,5-6,9-29,31-33,35-39H,2,8,30,34,40H2,1,4H3;2*1-2H3/b9-5-,27-10-,43-24+;;. The van der Waals surface area contributed by atoms with Crippen LogP contribution in [0.1, 0.15) is 81.5 Å². The first-order valence-electron chi connectivity index (χ1n) is 24.0. The Balaban J connectivity index is 0.00000152. The summed E-state index contributed by atoms with van der Waals surface area (Å²) in [6, 6.07) is 45.7. The van der Waals surface area contributed by atoms with Crippen LogP contribution in [0.4, 0.5) is 11.5 Å². The first kappa shape index (κ1) is 46.5. The Bertz CT molecular complexity index is 3360. The smallest absolute Gasteiger partial charge is 0.140 e. The van der Waals surface area contributed by atoms with Crippen LogP contribution in [0, 0.1) is 12.3 Å². The van der Waals surface area contributed by atoms with Crippen LogP contribution in [0.5, 0.6) is 0 Å². The minimum absolute atomic E-state index is 0.481. The molecule has 1 aliphatic heterocycles. The molecular weight excluding hydrogens is 829 g/mol. The summed E-state index contributed by atoms with van der Waals surface area (Å²) < 4.78 is 11.2. The van der Waals surface area contributed by atoms with Gasteiger partial charge in [-0.15, -0.1) is 6.42 Å². The van der Waals surface area contributed by atoms with E-state index in [1.54, 1.807) is 0 Å². The summed E-state index contributed by atoms with van der Waals surface area (Å²) in [6.07, 6.45) is 29.0. The molecule has 5 nitrogen and oxygen atoms in total. The molecule has 0 spiro atoms. The van der Waals surface area contributed by atoms with Crippen LogP contribution < -0.4 is 4.90 Å². The van der Waals surface area contributed by atoms with Gasteiger partial charge in [-0.05, 0) is 109 Å². The molecule has 0 radical (unpaired) electrons. The van der Waals surface area contributed by atoms with Crippen molar-refractivity contribution in [1.82, 2.24) is 14.1 Å². The lowest BCUT2D eigenvalue weighted by molar-refractivity contribution is 0.210. The number of aromatic nitrogens is 3. The van der Waals surface area contributed by atoms with Crippen LogP contribution in [-0.4, -0.2) is 14.1 Å². The lowest BCUT2D eigenvalue weighted by atomic mass is 9.97. The Morgan fingerprint density at radius 2 is 1.51 bits per heavy atom. The van der Waals surface area contributed by atoms with Gasteiger partial charge in [0.05, 0.1) is 33.6 Å². The highest BCUT2D eigenvalue weighted by Gasteiger charge is 2.27. The van der Waals surface area contributed by atoms with Crippen molar-refractivity contribution in [2.45, 2.75) is 67.4 Å². The van der Waals surface area contributed by atoms with Crippen LogP contribution in [-0.2, 0) is 24.2 Å². The van der Waals surface area contributed by atoms with Crippen LogP contribution in [0.25, 0.3) is 55.9 Å². The number of anilines is 2. The lowest BCUT2D eigenvalue weighted by Crippen LogP contribution is -2.19. The van der Waals surface area contributed by atoms with Gasteiger partial charge in [0.25, 0.3) is 0 Å². The van der Waals surface area contributed by atoms with Gasteiger partial charge in [0.2, 0.25) is 0 Å². The zero-order chi connectivity index (χ0) is 47.6. The van der Waals surface area contributed by atoms with Crippen LogP contribution in [0.2, 0.25) is 0 Å². The van der Waals surface area contributed by atoms with E-state index in [0.29, 0.717) is 13.0 Å². The second-order valence-corrected chi connectivity index (χ2v) is 16.1. The largest absolute Gasteiger partial charge is 0.487 e. The van der Waals surface area contributed by atoms with Crippen molar-refractivity contribution in [3.05, 3.63) is 234 Å². The van der Waals surface area contributed by atoms with E-state index in [1.165, 1.54) is 32.8 Å². The van der Waals surface area contributed by atoms with Crippen molar-refractivity contribution in [3.8, 4) is 23.8 Å². The first-order chi connectivity index (χ1) is 33.6. The summed E-state index contributed by atoms with van der Waals surface area (Å²) in [5.41, 5.74) is 14.1. The van der Waals surface area contributed by atoms with E-state index in [4.69, 9.17) is 16.1 Å². The number of hydrogen-bond donors (Lipinski definition) is 0. The molecule has 2 aliphatic rings. The molecular formula is C63H60N4O. The van der Waals surface area contributed by atoms with Gasteiger partial charge < -0.3 is 9.30 Å². The van der Waals surface area contributed by atoms with Crippen molar-refractivity contribution in [2.75, 3.05) is 4.90 Å². The average Bonchev–Trinajstić information content (AvgIpc) is 3.68. The molecule has 0 N–H and O–H groups in total. The van der Waals surface area contributed by atoms with Crippen LogP contribution in [0.3, 0.4) is 0 Å². The molecule has 0 bridgehead atoms. The van der Waals surface area contributed by atoms with E-state index < -0.39 is 0 Å². The zero-order valence-electron chi connectivity index (χ0n) is 40.2. The summed E-state index contributed by atoms with van der Waals surface area (Å²) in [5, 5.41) is 3.54. The van der Waals surface area contributed by atoms with E-state index in [-0.39, 0.29) is 0 Å². The fourth-order valence-electron chi connectivity index (χ4n) is 9.38. The summed E-state index contributed by atoms with van der Waals surface area (Å²) in [6.45, 7) is 16.8. The number of terminal acetylenes is 1. The molecule has 8 aromatic rings. The van der Waals surface area contributed by atoms with Gasteiger partial charge >= 0.3 is 0 Å². The minimum atomic E-state index is 0.481. The Labute approximate surface area is 402 Å². The number of ether oxygens (including phenoxy) is 1. The Kier molecular flexibility index (Phi) is 14.7. The average molecular weight is 889 g/mol. The molecule has 0 unspecified atom stereocenters. The van der Waals surface area contributed by atoms with Gasteiger partial charge in [-0.3, -0.25) is 9.47 Å². The van der Waals surface area contributed by atoms with Gasteiger partial charge in [-0.1, -0.05) is 169 Å². The molecule has 0 fully saturated rings. The Hall–Kier alpha value is -8.07. The molecule has 1 aliphatic carbocycles. The normalized spacial score (nSPS) is 13.4. The van der Waals surface area contributed by atoms with Crippen molar-refractivity contribution >= 4 is 55.9 Å². The van der Waals surface area contributed by atoms with Crippen molar-refractivity contribution in [3.63, 3.8) is 0 Å². The lowest BCUT2D eigenvalue weighted by Gasteiger charge is -2.27. The Morgan fingerprint density at radius 1 is 0.750 bits per heavy atom. The molecule has 0 saturated carbocycles. The molecule has 68 heavy (non-hydrogen) atoms. The molecule has 10 rings (SSSR count). The second-order valence-electron chi connectivity index (χ2n) is 16.1. The highest BCUT2D eigenvalue weighted by atomic mass is 16.5. The van der Waals surface area contributed by atoms with Crippen LogP contribution >= 0.6 is 0 Å². The SMILES string of the molecule is C#C/C(=C\C=C/C)c1cc(Cc2ccccc2)cc(-n2c(/C=C\C=C)c(CC)c3cc4c5ccccc5n(-c5cccc(N6C7=C(C=CC=CC7)OCc7ccccc76)n5)c4cc32)c1.CC.CC. The van der Waals surface area contributed by atoms with E-state index in [9.17, 15) is 0 Å². The molecule has 5 heteroatoms. The van der Waals surface area contributed by atoms with Crippen LogP contribution in [0.15, 0.2) is 200 Å². The summed E-state index contributed by atoms with van der Waals surface area (Å²) in [7, 11) is 0. The maximum atomic E-state index is 6.45. The van der Waals surface area contributed by atoms with Gasteiger partial charge in [-0.2, -0.15) is 0 Å². The number of allylic oxidation sites excluding steroid dienone is 10. The molecule has 3 aromatic heterocycles. The minimum Gasteiger partial charge on any atom is -0.487 e. The van der Waals surface area contributed by atoms with Crippen molar-refractivity contribution in [2.24, 2.45) is 0 Å². The number of pyridine rings is 1. The number of aryl methyl sites for hydroxylation is 1. The quantitative estimate of drug-likeness (QED) is 0.101. The highest BCUT2D eigenvalue weighted by molar-refractivity contribution is 6.14. The number of benzene rings is 5. The maximum absolute atomic E-state index is 6.45. The van der Waals surface area contributed by atoms with Gasteiger partial charge in [0.15, 0.2) is 0 Å². The molecule has 0 amide bonds. The molecule has 0 atom stereocenters. The summed E-state index contributed by atoms with van der Waals surface area (Å²) >= 11 is 0. The third-order valence-electron chi connectivity index (χ3n) is 12.2. The second kappa shape index (κ2) is 21.5. The predicted octanol–water partition coefficient (Wildman–Crippen LogP) is 16.5. The number of para-hydroxylation sites is 2. The highest BCUT2D eigenvalue weighted by Crippen LogP contribution is 2.42. The zero-order valence-corrected chi connectivity index (χ0v) is 40.2. The van der Waals surface area contributed by atoms with Gasteiger partial charge in [0, 0.05) is 39.4 Å². The predicted molar refractivity (Wildman–Crippen MR) is 291 cm³/mol. The molecule has 4 heterocycles. The van der Waals surface area contributed by atoms with E-state index in [2.05, 4.69) is 185 Å².